The van der Waals surface area contributed by atoms with Crippen LogP contribution in [0.4, 0.5) is 5.69 Å². The largest absolute Gasteiger partial charge is 0.455 e. The molecule has 0 bridgehead atoms. The number of sulfonamides is 1. The first-order chi connectivity index (χ1) is 21.4. The highest BCUT2D eigenvalue weighted by atomic mass is 32.2. The molecule has 0 atom stereocenters. The predicted molar refractivity (Wildman–Crippen MR) is 184 cm³/mol. The van der Waals surface area contributed by atoms with Crippen molar-refractivity contribution in [3.05, 3.63) is 95.6 Å². The third-order valence-electron chi connectivity index (χ3n) is 7.78. The van der Waals surface area contributed by atoms with Crippen LogP contribution >= 0.6 is 11.3 Å². The van der Waals surface area contributed by atoms with Crippen molar-refractivity contribution in [1.29, 1.82) is 0 Å². The van der Waals surface area contributed by atoms with Gasteiger partial charge in [-0.25, -0.2) is 13.4 Å². The fourth-order valence-electron chi connectivity index (χ4n) is 5.44. The number of hydrogen-bond acceptors (Lipinski definition) is 7. The second-order valence-electron chi connectivity index (χ2n) is 11.5. The van der Waals surface area contributed by atoms with Gasteiger partial charge in [0.15, 0.2) is 0 Å². The maximum Gasteiger partial charge on any atom is 0.255 e. The molecule has 0 saturated heterocycles. The molecule has 1 amide bonds. The van der Waals surface area contributed by atoms with E-state index >= 15 is 0 Å². The lowest BCUT2D eigenvalue weighted by Gasteiger charge is -2.21. The number of nitrogens with one attached hydrogen (secondary N) is 1. The Balaban J connectivity index is 1.55. The van der Waals surface area contributed by atoms with Gasteiger partial charge < -0.3 is 14.6 Å². The molecule has 0 spiro atoms. The molecule has 2 heterocycles. The van der Waals surface area contributed by atoms with Gasteiger partial charge in [0.2, 0.25) is 10.0 Å². The Hall–Kier alpha value is -4.51. The van der Waals surface area contributed by atoms with Crippen LogP contribution in [0.1, 0.15) is 21.5 Å². The molecule has 45 heavy (non-hydrogen) atoms. The molecule has 0 saturated carbocycles. The molecule has 0 radical (unpaired) electrons. The van der Waals surface area contributed by atoms with Gasteiger partial charge in [-0.3, -0.25) is 9.10 Å². The average Bonchev–Trinajstić information content (AvgIpc) is 3.60. The molecule has 8 nitrogen and oxygen atoms in total. The summed E-state index contributed by atoms with van der Waals surface area (Å²) in [6.07, 6.45) is 1.17. The monoisotopic (exact) mass is 638 g/mol. The number of fused-ring (bicyclic) bond motifs is 2. The van der Waals surface area contributed by atoms with Crippen molar-refractivity contribution in [1.82, 2.24) is 15.2 Å². The Bertz CT molecular complexity index is 2180. The summed E-state index contributed by atoms with van der Waals surface area (Å²) in [5.41, 5.74) is 7.56. The summed E-state index contributed by atoms with van der Waals surface area (Å²) in [7, 11) is 3.56. The Kier molecular flexibility index (Phi) is 7.98. The van der Waals surface area contributed by atoms with Crippen LogP contribution in [0.3, 0.4) is 0 Å². The summed E-state index contributed by atoms with van der Waals surface area (Å²) in [6, 6.07) is 25.5. The van der Waals surface area contributed by atoms with E-state index in [0.29, 0.717) is 33.5 Å². The molecule has 6 aromatic rings. The van der Waals surface area contributed by atoms with Crippen molar-refractivity contribution in [2.45, 2.75) is 13.5 Å². The van der Waals surface area contributed by atoms with Gasteiger partial charge in [0.1, 0.15) is 16.4 Å². The molecule has 0 aliphatic carbocycles. The van der Waals surface area contributed by atoms with Crippen LogP contribution in [-0.2, 0) is 16.6 Å². The van der Waals surface area contributed by atoms with Gasteiger partial charge in [-0.1, -0.05) is 54.1 Å². The smallest absolute Gasteiger partial charge is 0.255 e. The predicted octanol–water partition coefficient (Wildman–Crippen LogP) is 7.17. The van der Waals surface area contributed by atoms with E-state index in [1.807, 2.05) is 75.6 Å². The quantitative estimate of drug-likeness (QED) is 0.190. The van der Waals surface area contributed by atoms with Crippen LogP contribution in [0, 0.1) is 6.92 Å². The number of aromatic nitrogens is 1. The minimum absolute atomic E-state index is 0.295. The summed E-state index contributed by atoms with van der Waals surface area (Å²) in [5, 5.41) is 4.20. The van der Waals surface area contributed by atoms with Crippen LogP contribution in [-0.4, -0.2) is 58.7 Å². The summed E-state index contributed by atoms with van der Waals surface area (Å²) >= 11 is 1.62. The highest BCUT2D eigenvalue weighted by Crippen LogP contribution is 2.42. The van der Waals surface area contributed by atoms with E-state index in [0.717, 1.165) is 44.0 Å². The molecule has 10 heteroatoms. The van der Waals surface area contributed by atoms with E-state index in [1.165, 1.54) is 23.2 Å². The van der Waals surface area contributed by atoms with E-state index in [4.69, 9.17) is 9.40 Å². The maximum absolute atomic E-state index is 13.3. The first-order valence-electron chi connectivity index (χ1n) is 14.4. The van der Waals surface area contributed by atoms with Crippen LogP contribution < -0.4 is 9.62 Å². The van der Waals surface area contributed by atoms with Gasteiger partial charge in [-0.05, 0) is 56.4 Å². The van der Waals surface area contributed by atoms with E-state index < -0.39 is 10.0 Å². The Morgan fingerprint density at radius 2 is 1.67 bits per heavy atom. The SMILES string of the molecule is CNC(=O)c1c(-c2ccc(C)cc2)oc2cc(N(C)S(C)(=O)=O)c(-c3cccc(-c4nc5ccc(CN(C)C)cc5s4)c3)cc12. The molecule has 0 fully saturated rings. The molecule has 0 unspecified atom stereocenters. The lowest BCUT2D eigenvalue weighted by atomic mass is 9.97. The molecular formula is C35H34N4O4S2. The van der Waals surface area contributed by atoms with E-state index in [1.54, 1.807) is 24.5 Å². The van der Waals surface area contributed by atoms with Gasteiger partial charge >= 0.3 is 0 Å². The number of carbonyl (C=O) groups is 1. The first-order valence-corrected chi connectivity index (χ1v) is 17.1. The fraction of sp³-hybridized carbons (Fsp3) is 0.200. The summed E-state index contributed by atoms with van der Waals surface area (Å²) in [5.74, 6) is 0.127. The Morgan fingerprint density at radius 1 is 0.933 bits per heavy atom. The molecule has 0 aliphatic rings. The molecule has 230 valence electrons. The second-order valence-corrected chi connectivity index (χ2v) is 14.5. The number of rotatable bonds is 8. The zero-order valence-corrected chi connectivity index (χ0v) is 27.6. The summed E-state index contributed by atoms with van der Waals surface area (Å²) in [4.78, 5) is 20.3. The zero-order valence-electron chi connectivity index (χ0n) is 26.0. The number of benzene rings is 4. The zero-order chi connectivity index (χ0) is 32.0. The van der Waals surface area contributed by atoms with Crippen LogP contribution in [0.5, 0.6) is 0 Å². The Labute approximate surface area is 267 Å². The van der Waals surface area contributed by atoms with Crippen molar-refractivity contribution in [3.63, 3.8) is 0 Å². The third kappa shape index (κ3) is 5.96. The van der Waals surface area contributed by atoms with Gasteiger partial charge in [0.05, 0.1) is 27.7 Å². The minimum Gasteiger partial charge on any atom is -0.455 e. The van der Waals surface area contributed by atoms with Crippen LogP contribution in [0.25, 0.3) is 54.2 Å². The molecule has 1 N–H and O–H groups in total. The summed E-state index contributed by atoms with van der Waals surface area (Å²) < 4.78 is 34.3. The Morgan fingerprint density at radius 3 is 2.36 bits per heavy atom. The van der Waals surface area contributed by atoms with E-state index in [-0.39, 0.29) is 5.91 Å². The number of hydrogen-bond donors (Lipinski definition) is 1. The lowest BCUT2D eigenvalue weighted by molar-refractivity contribution is 0.0964. The fourth-order valence-corrected chi connectivity index (χ4v) is 6.97. The molecule has 6 rings (SSSR count). The average molecular weight is 639 g/mol. The molecule has 2 aromatic heterocycles. The minimum atomic E-state index is -3.63. The maximum atomic E-state index is 13.3. The van der Waals surface area contributed by atoms with E-state index in [2.05, 4.69) is 28.4 Å². The standard InChI is InChI=1S/C35H34N4O4S2/c1-21-10-13-23(14-11-21)33-32(34(40)36-2)27-18-26(29(19-30(27)43-33)39(5)45(6,41)42)24-8-7-9-25(17-24)35-37-28-15-12-22(20-38(3)4)16-31(28)44-35/h7-19H,20H2,1-6H3,(H,36,40). The number of amides is 1. The normalized spacial score (nSPS) is 11.9. The molecular weight excluding hydrogens is 605 g/mol. The van der Waals surface area contributed by atoms with E-state index in [9.17, 15) is 13.2 Å². The molecule has 4 aromatic carbocycles. The van der Waals surface area contributed by atoms with Crippen LogP contribution in [0.15, 0.2) is 83.3 Å². The first kappa shape index (κ1) is 30.5. The number of aryl methyl sites for hydroxylation is 1. The highest BCUT2D eigenvalue weighted by molar-refractivity contribution is 7.92. The van der Waals surface area contributed by atoms with Crippen molar-refractivity contribution < 1.29 is 17.6 Å². The number of furan rings is 1. The van der Waals surface area contributed by atoms with Crippen molar-refractivity contribution in [3.8, 4) is 33.0 Å². The highest BCUT2D eigenvalue weighted by Gasteiger charge is 2.26. The van der Waals surface area contributed by atoms with Crippen molar-refractivity contribution >= 4 is 54.1 Å². The number of carbonyl (C=O) groups excluding carboxylic acids is 1. The van der Waals surface area contributed by atoms with Gasteiger partial charge in [-0.15, -0.1) is 11.3 Å². The number of thiazole rings is 1. The summed E-state index contributed by atoms with van der Waals surface area (Å²) in [6.45, 7) is 2.84. The van der Waals surface area contributed by atoms with Crippen molar-refractivity contribution in [2.75, 3.05) is 38.8 Å². The lowest BCUT2D eigenvalue weighted by Crippen LogP contribution is -2.25. The number of nitrogens with zero attached hydrogens (tertiary/aromatic N) is 3. The van der Waals surface area contributed by atoms with Gasteiger partial charge in [-0.2, -0.15) is 0 Å². The topological polar surface area (TPSA) is 95.8 Å². The number of anilines is 1. The molecule has 0 aliphatic heterocycles. The second kappa shape index (κ2) is 11.8. The van der Waals surface area contributed by atoms with Crippen LogP contribution in [0.2, 0.25) is 0 Å². The van der Waals surface area contributed by atoms with Gasteiger partial charge in [0, 0.05) is 48.8 Å². The van der Waals surface area contributed by atoms with Crippen molar-refractivity contribution in [2.24, 2.45) is 0 Å². The third-order valence-corrected chi connectivity index (χ3v) is 10.0. The van der Waals surface area contributed by atoms with Gasteiger partial charge in [0.25, 0.3) is 5.91 Å².